The molecule has 0 saturated heterocycles. The number of methoxy groups -OCH3 is 2. The molecule has 3 aliphatic rings. The number of amides is 2. The zero-order chi connectivity index (χ0) is 47.2. The summed E-state index contributed by atoms with van der Waals surface area (Å²) in [6.45, 7) is 8.27. The van der Waals surface area contributed by atoms with Crippen LogP contribution in [0.5, 0.6) is 23.0 Å². The van der Waals surface area contributed by atoms with Crippen LogP contribution in [0, 0.1) is 27.9 Å². The van der Waals surface area contributed by atoms with E-state index in [0.717, 1.165) is 24.0 Å². The van der Waals surface area contributed by atoms with Gasteiger partial charge in [0.2, 0.25) is 5.79 Å². The van der Waals surface area contributed by atoms with E-state index in [-0.39, 0.29) is 62.7 Å². The second kappa shape index (κ2) is 23.3. The largest absolute Gasteiger partial charge is 0.497 e. The van der Waals surface area contributed by atoms with Gasteiger partial charge in [0.1, 0.15) is 35.6 Å². The van der Waals surface area contributed by atoms with Gasteiger partial charge in [-0.3, -0.25) is 20.3 Å². The van der Waals surface area contributed by atoms with Crippen LogP contribution in [-0.2, 0) is 20.9 Å². The fourth-order valence-corrected chi connectivity index (χ4v) is 9.58. The molecule has 1 aliphatic heterocycles. The van der Waals surface area contributed by atoms with Gasteiger partial charge in [-0.15, -0.1) is 6.58 Å². The molecule has 6 rings (SSSR count). The van der Waals surface area contributed by atoms with Crippen LogP contribution in [0.3, 0.4) is 0 Å². The zero-order valence-electron chi connectivity index (χ0n) is 38.1. The van der Waals surface area contributed by atoms with Crippen LogP contribution in [0.2, 0.25) is 0 Å². The number of nitrogens with one attached hydrogen (secondary N) is 1. The number of hydrogen-bond acceptors (Lipinski definition) is 14. The van der Waals surface area contributed by atoms with Gasteiger partial charge in [-0.25, -0.2) is 9.59 Å². The van der Waals surface area contributed by atoms with Crippen molar-refractivity contribution in [2.45, 2.75) is 89.6 Å². The Hall–Kier alpha value is -6.17. The van der Waals surface area contributed by atoms with E-state index in [2.05, 4.69) is 18.0 Å². The van der Waals surface area contributed by atoms with Crippen LogP contribution >= 0.6 is 0 Å². The molecule has 2 aliphatic carbocycles. The summed E-state index contributed by atoms with van der Waals surface area (Å²) in [6, 6.07) is 15.5. The minimum absolute atomic E-state index is 0.0103. The molecule has 6 atom stereocenters. The van der Waals surface area contributed by atoms with Crippen molar-refractivity contribution >= 4 is 29.3 Å². The van der Waals surface area contributed by atoms with Crippen LogP contribution in [0.1, 0.15) is 82.3 Å². The molecule has 356 valence electrons. The first-order chi connectivity index (χ1) is 32.0. The van der Waals surface area contributed by atoms with Crippen molar-refractivity contribution in [1.29, 1.82) is 0 Å². The average Bonchev–Trinajstić information content (AvgIpc) is 3.31. The topological polar surface area (TPSA) is 210 Å². The number of nitro benzene ring substituents is 1. The van der Waals surface area contributed by atoms with E-state index in [0.29, 0.717) is 72.9 Å². The molecule has 0 radical (unpaired) electrons. The molecule has 66 heavy (non-hydrogen) atoms. The van der Waals surface area contributed by atoms with E-state index in [4.69, 9.17) is 38.4 Å². The van der Waals surface area contributed by atoms with Gasteiger partial charge in [0.15, 0.2) is 0 Å². The van der Waals surface area contributed by atoms with Gasteiger partial charge >= 0.3 is 12.2 Å². The standard InChI is InChI=1S/C49H62N4O13/c1-6-23-52(48(57)62-8-3)44-30-41(51-64-31-32-15-17-34(18-16-32)53(58)59)38-27-33(13-9-11-24-54)37(14-10-12-25-55)45-39-28-36(20-22-42(39)66-49(44,46(38)45)63-26-7-2)65-47(56)50-40-21-19-35(60-4)29-43(40)61-5/h7,15-22,27-29,33,37,44-46,54-55H,2,6,8-14,23-26,30-31H2,1,3-5H3,(H,50,56)/t33-,37+,44-,45+,46+,49+/m0/s1. The summed E-state index contributed by atoms with van der Waals surface area (Å²) >= 11 is 0. The molecular formula is C49H62N4O13. The number of carbonyl (C=O) groups is 2. The Morgan fingerprint density at radius 3 is 2.41 bits per heavy atom. The summed E-state index contributed by atoms with van der Waals surface area (Å²) in [7, 11) is 3.02. The summed E-state index contributed by atoms with van der Waals surface area (Å²) in [5.41, 5.74) is 3.11. The maximum absolute atomic E-state index is 14.1. The number of anilines is 1. The molecule has 3 aromatic rings. The van der Waals surface area contributed by atoms with Crippen molar-refractivity contribution in [3.8, 4) is 23.0 Å². The van der Waals surface area contributed by atoms with Crippen molar-refractivity contribution in [2.24, 2.45) is 22.9 Å². The van der Waals surface area contributed by atoms with Gasteiger partial charge in [0.25, 0.3) is 5.69 Å². The minimum Gasteiger partial charge on any atom is -0.497 e. The first kappa shape index (κ1) is 49.3. The Bertz CT molecular complexity index is 2220. The fourth-order valence-electron chi connectivity index (χ4n) is 9.58. The van der Waals surface area contributed by atoms with Crippen molar-refractivity contribution in [2.75, 3.05) is 52.5 Å². The quantitative estimate of drug-likeness (QED) is 0.0352. The lowest BCUT2D eigenvalue weighted by Gasteiger charge is -2.59. The molecule has 1 saturated carbocycles. The molecule has 17 heteroatoms. The molecule has 2 amide bonds. The highest BCUT2D eigenvalue weighted by Gasteiger charge is 2.65. The second-order valence-corrected chi connectivity index (χ2v) is 16.4. The molecular weight excluding hydrogens is 853 g/mol. The number of nitro groups is 1. The van der Waals surface area contributed by atoms with E-state index >= 15 is 0 Å². The lowest BCUT2D eigenvalue weighted by atomic mass is 9.55. The SMILES string of the molecule is C=CCO[C@@]12Oc3ccc(OC(=O)Nc4ccc(OC)cc4OC)cc3[C@H]3[C@H](CCCCO)[C@@H](CCCCO)C=C(C(=NOCc4ccc([N+](=O)[O-])cc4)C[C@@H]1N(CCC)C(=O)OCC)[C@H]32. The number of ether oxygens (including phenoxy) is 6. The molecule has 3 aromatic carbocycles. The number of non-ortho nitro benzene ring substituents is 1. The average molecular weight is 915 g/mol. The molecule has 1 heterocycles. The van der Waals surface area contributed by atoms with E-state index in [1.54, 1.807) is 60.4 Å². The highest BCUT2D eigenvalue weighted by molar-refractivity contribution is 6.03. The molecule has 0 spiro atoms. The van der Waals surface area contributed by atoms with Crippen LogP contribution in [0.15, 0.2) is 90.1 Å². The Balaban J connectivity index is 1.52. The Kier molecular flexibility index (Phi) is 17.4. The van der Waals surface area contributed by atoms with Gasteiger partial charge in [-0.05, 0) is 104 Å². The maximum Gasteiger partial charge on any atom is 0.417 e. The van der Waals surface area contributed by atoms with E-state index < -0.39 is 40.8 Å². The predicted octanol–water partition coefficient (Wildman–Crippen LogP) is 8.93. The number of fused-ring (bicyclic) bond motifs is 2. The minimum atomic E-state index is -1.52. The van der Waals surface area contributed by atoms with Gasteiger partial charge < -0.3 is 43.5 Å². The molecule has 0 unspecified atom stereocenters. The van der Waals surface area contributed by atoms with Gasteiger partial charge in [-0.2, -0.15) is 0 Å². The Morgan fingerprint density at radius 2 is 1.74 bits per heavy atom. The summed E-state index contributed by atoms with van der Waals surface area (Å²) < 4.78 is 36.7. The van der Waals surface area contributed by atoms with Crippen LogP contribution in [0.25, 0.3) is 0 Å². The molecule has 1 fully saturated rings. The number of hydrogen-bond donors (Lipinski definition) is 3. The van der Waals surface area contributed by atoms with Gasteiger partial charge in [0.05, 0.1) is 49.7 Å². The van der Waals surface area contributed by atoms with Crippen LogP contribution in [-0.4, -0.2) is 97.0 Å². The van der Waals surface area contributed by atoms with Crippen LogP contribution in [0.4, 0.5) is 21.0 Å². The second-order valence-electron chi connectivity index (χ2n) is 16.4. The number of carbonyl (C=O) groups excluding carboxylic acids is 2. The van der Waals surface area contributed by atoms with Crippen LogP contribution < -0.4 is 24.3 Å². The number of nitrogens with zero attached hydrogens (tertiary/aromatic N) is 3. The Morgan fingerprint density at radius 1 is 1.00 bits per heavy atom. The molecule has 17 nitrogen and oxygen atoms in total. The van der Waals surface area contributed by atoms with Crippen molar-refractivity contribution in [1.82, 2.24) is 4.90 Å². The maximum atomic E-state index is 14.1. The molecule has 0 aromatic heterocycles. The number of aliphatic hydroxyl groups is 2. The number of oxime groups is 1. The summed E-state index contributed by atoms with van der Waals surface area (Å²) in [5.74, 6) is -1.03. The fraction of sp³-hybridized carbons (Fsp3) is 0.490. The molecule has 0 bridgehead atoms. The lowest BCUT2D eigenvalue weighted by Crippen LogP contribution is -2.70. The van der Waals surface area contributed by atoms with Crippen molar-refractivity contribution in [3.05, 3.63) is 106 Å². The highest BCUT2D eigenvalue weighted by atomic mass is 16.7. The number of unbranched alkanes of at least 4 members (excludes halogenated alkanes) is 2. The molecule has 3 N–H and O–H groups in total. The van der Waals surface area contributed by atoms with Crippen molar-refractivity contribution < 1.29 is 58.0 Å². The van der Waals surface area contributed by atoms with Gasteiger partial charge in [-0.1, -0.05) is 37.1 Å². The van der Waals surface area contributed by atoms with E-state index in [1.807, 2.05) is 13.0 Å². The third kappa shape index (κ3) is 11.1. The smallest absolute Gasteiger partial charge is 0.417 e. The predicted molar refractivity (Wildman–Crippen MR) is 246 cm³/mol. The highest BCUT2D eigenvalue weighted by Crippen LogP contribution is 2.62. The first-order valence-electron chi connectivity index (χ1n) is 22.6. The van der Waals surface area contributed by atoms with E-state index in [9.17, 15) is 29.9 Å². The Labute approximate surface area is 385 Å². The normalized spacial score (nSPS) is 22.1. The van der Waals surface area contributed by atoms with Gasteiger partial charge in [0, 0.05) is 55.9 Å². The third-order valence-electron chi connectivity index (χ3n) is 12.4. The monoisotopic (exact) mass is 914 g/mol. The number of rotatable bonds is 23. The number of allylic oxidation sites excluding steroid dienone is 1. The summed E-state index contributed by atoms with van der Waals surface area (Å²) in [4.78, 5) is 46.3. The third-order valence-corrected chi connectivity index (χ3v) is 12.4. The number of benzene rings is 3. The summed E-state index contributed by atoms with van der Waals surface area (Å²) in [6.07, 6.45) is 7.32. The van der Waals surface area contributed by atoms with E-state index in [1.165, 1.54) is 26.4 Å². The number of aliphatic hydroxyl groups excluding tert-OH is 2. The summed E-state index contributed by atoms with van der Waals surface area (Å²) in [5, 5.41) is 38.8. The zero-order valence-corrected chi connectivity index (χ0v) is 38.1. The lowest BCUT2D eigenvalue weighted by molar-refractivity contribution is -0.384. The van der Waals surface area contributed by atoms with Crippen molar-refractivity contribution in [3.63, 3.8) is 0 Å². The first-order valence-corrected chi connectivity index (χ1v) is 22.6.